The second-order valence-electron chi connectivity index (χ2n) is 5.66. The average Bonchev–Trinajstić information content (AvgIpc) is 3.01. The van der Waals surface area contributed by atoms with Gasteiger partial charge in [-0.25, -0.2) is 8.42 Å². The van der Waals surface area contributed by atoms with Crippen molar-refractivity contribution >= 4 is 56.2 Å². The van der Waals surface area contributed by atoms with Crippen molar-refractivity contribution in [2.24, 2.45) is 0 Å². The van der Waals surface area contributed by atoms with Gasteiger partial charge < -0.3 is 9.64 Å². The van der Waals surface area contributed by atoms with Crippen LogP contribution in [0.5, 0.6) is 0 Å². The van der Waals surface area contributed by atoms with Crippen molar-refractivity contribution in [2.75, 3.05) is 31.0 Å². The third-order valence-corrected chi connectivity index (χ3v) is 6.75. The second kappa shape index (κ2) is 8.14. The Morgan fingerprint density at radius 3 is 2.65 bits per heavy atom. The molecule has 0 unspecified atom stereocenters. The van der Waals surface area contributed by atoms with Gasteiger partial charge in [0.15, 0.2) is 0 Å². The summed E-state index contributed by atoms with van der Waals surface area (Å²) in [5.74, 6) is -0.0586. The minimum Gasteiger partial charge on any atom is -0.378 e. The van der Waals surface area contributed by atoms with Crippen molar-refractivity contribution in [3.63, 3.8) is 0 Å². The van der Waals surface area contributed by atoms with E-state index in [-0.39, 0.29) is 22.2 Å². The molecular formula is C16H16Cl2N2O4S2. The van der Waals surface area contributed by atoms with Crippen molar-refractivity contribution in [3.05, 3.63) is 44.6 Å². The van der Waals surface area contributed by atoms with Crippen LogP contribution in [0.3, 0.4) is 0 Å². The molecule has 0 radical (unpaired) electrons. The smallest absolute Gasteiger partial charge is 0.263 e. The molecule has 2 aromatic rings. The zero-order chi connectivity index (χ0) is 18.7. The summed E-state index contributed by atoms with van der Waals surface area (Å²) >= 11 is 13.1. The van der Waals surface area contributed by atoms with Crippen LogP contribution in [0.25, 0.3) is 0 Å². The zero-order valence-corrected chi connectivity index (χ0v) is 16.7. The van der Waals surface area contributed by atoms with Gasteiger partial charge in [-0.05, 0) is 29.1 Å². The number of sulfonamides is 1. The number of nitrogens with zero attached hydrogens (tertiary/aromatic N) is 1. The number of nitrogens with one attached hydrogen (secondary N) is 1. The molecule has 0 spiro atoms. The molecule has 26 heavy (non-hydrogen) atoms. The first-order valence-corrected chi connectivity index (χ1v) is 10.9. The van der Waals surface area contributed by atoms with Crippen LogP contribution in [0.4, 0.5) is 5.69 Å². The third kappa shape index (κ3) is 4.50. The highest BCUT2D eigenvalue weighted by atomic mass is 35.5. The monoisotopic (exact) mass is 434 g/mol. The van der Waals surface area contributed by atoms with E-state index in [2.05, 4.69) is 4.72 Å². The predicted molar refractivity (Wildman–Crippen MR) is 103 cm³/mol. The number of anilines is 1. The summed E-state index contributed by atoms with van der Waals surface area (Å²) in [5.41, 5.74) is 1.00. The van der Waals surface area contributed by atoms with E-state index in [0.29, 0.717) is 42.6 Å². The molecule has 1 saturated heterocycles. The van der Waals surface area contributed by atoms with Crippen molar-refractivity contribution in [1.29, 1.82) is 0 Å². The maximum atomic E-state index is 12.6. The maximum absolute atomic E-state index is 12.6. The van der Waals surface area contributed by atoms with Crippen molar-refractivity contribution in [2.45, 2.75) is 11.3 Å². The Labute approximate surface area is 165 Å². The Kier molecular flexibility index (Phi) is 6.09. The molecule has 0 saturated carbocycles. The summed E-state index contributed by atoms with van der Waals surface area (Å²) in [5, 5.41) is 3.80. The number of thiophene rings is 1. The largest absolute Gasteiger partial charge is 0.378 e. The summed E-state index contributed by atoms with van der Waals surface area (Å²) in [4.78, 5) is 14.1. The highest BCUT2D eigenvalue weighted by Crippen LogP contribution is 2.29. The fraction of sp³-hybridized carbons (Fsp3) is 0.312. The molecule has 1 N–H and O–H groups in total. The van der Waals surface area contributed by atoms with Gasteiger partial charge in [-0.2, -0.15) is 0 Å². The number of halogens is 2. The highest BCUT2D eigenvalue weighted by molar-refractivity contribution is 7.92. The summed E-state index contributed by atoms with van der Waals surface area (Å²) in [6, 6.07) is 4.17. The molecule has 1 aromatic carbocycles. The number of morpholine rings is 1. The van der Waals surface area contributed by atoms with Gasteiger partial charge in [-0.15, -0.1) is 11.3 Å². The van der Waals surface area contributed by atoms with E-state index in [9.17, 15) is 13.2 Å². The number of rotatable bonds is 5. The van der Waals surface area contributed by atoms with Gasteiger partial charge >= 0.3 is 0 Å². The van der Waals surface area contributed by atoms with Gasteiger partial charge in [-0.3, -0.25) is 9.52 Å². The lowest BCUT2D eigenvalue weighted by Gasteiger charge is -2.26. The molecule has 3 rings (SSSR count). The Bertz CT molecular complexity index is 909. The van der Waals surface area contributed by atoms with Crippen LogP contribution >= 0.6 is 34.5 Å². The fourth-order valence-electron chi connectivity index (χ4n) is 2.53. The number of carbonyl (C=O) groups is 1. The van der Waals surface area contributed by atoms with E-state index in [4.69, 9.17) is 27.9 Å². The molecule has 1 aromatic heterocycles. The highest BCUT2D eigenvalue weighted by Gasteiger charge is 2.22. The topological polar surface area (TPSA) is 75.7 Å². The van der Waals surface area contributed by atoms with Crippen LogP contribution in [0.1, 0.15) is 5.56 Å². The number of hydrogen-bond donors (Lipinski definition) is 1. The second-order valence-corrected chi connectivity index (χ2v) is 8.90. The van der Waals surface area contributed by atoms with E-state index in [1.807, 2.05) is 0 Å². The molecule has 10 heteroatoms. The van der Waals surface area contributed by atoms with E-state index < -0.39 is 10.0 Å². The molecule has 0 aliphatic carbocycles. The summed E-state index contributed by atoms with van der Waals surface area (Å²) in [6.07, 6.45) is 0.121. The first-order valence-electron chi connectivity index (χ1n) is 7.75. The van der Waals surface area contributed by atoms with Crippen LogP contribution in [-0.4, -0.2) is 45.5 Å². The molecular weight excluding hydrogens is 419 g/mol. The standard InChI is InChI=1S/C16H16Cl2N2O4S2/c17-12-1-2-15(13(18)8-12)26(22,23)19-14-10-25-9-11(14)7-16(21)20-3-5-24-6-4-20/h1-2,8-10,19H,3-7H2. The summed E-state index contributed by atoms with van der Waals surface area (Å²) in [6.45, 7) is 2.13. The molecule has 0 bridgehead atoms. The van der Waals surface area contributed by atoms with Crippen molar-refractivity contribution in [1.82, 2.24) is 4.90 Å². The Morgan fingerprint density at radius 1 is 1.23 bits per heavy atom. The molecule has 1 aliphatic heterocycles. The van der Waals surface area contributed by atoms with Gasteiger partial charge in [0.1, 0.15) is 4.90 Å². The average molecular weight is 435 g/mol. The first kappa shape index (κ1) is 19.4. The lowest BCUT2D eigenvalue weighted by atomic mass is 10.2. The van der Waals surface area contributed by atoms with Crippen molar-refractivity contribution in [3.8, 4) is 0 Å². The van der Waals surface area contributed by atoms with Gasteiger partial charge in [0.05, 0.1) is 30.3 Å². The van der Waals surface area contributed by atoms with Crippen LogP contribution in [0, 0.1) is 0 Å². The van der Waals surface area contributed by atoms with E-state index in [1.54, 1.807) is 15.7 Å². The number of hydrogen-bond acceptors (Lipinski definition) is 5. The normalized spacial score (nSPS) is 15.1. The first-order chi connectivity index (χ1) is 12.4. The SMILES string of the molecule is O=C(Cc1cscc1NS(=O)(=O)c1ccc(Cl)cc1Cl)N1CCOCC1. The third-order valence-electron chi connectivity index (χ3n) is 3.88. The molecule has 6 nitrogen and oxygen atoms in total. The summed E-state index contributed by atoms with van der Waals surface area (Å²) < 4.78 is 33.0. The van der Waals surface area contributed by atoms with Crippen LogP contribution in [0.2, 0.25) is 10.0 Å². The molecule has 0 atom stereocenters. The lowest BCUT2D eigenvalue weighted by molar-refractivity contribution is -0.134. The van der Waals surface area contributed by atoms with Crippen LogP contribution in [-0.2, 0) is 26.0 Å². The Hall–Kier alpha value is -1.32. The predicted octanol–water partition coefficient (Wildman–Crippen LogP) is 3.26. The minimum absolute atomic E-state index is 0.0335. The molecule has 2 heterocycles. The zero-order valence-electron chi connectivity index (χ0n) is 13.6. The van der Waals surface area contributed by atoms with Crippen molar-refractivity contribution < 1.29 is 17.9 Å². The molecule has 1 fully saturated rings. The van der Waals surface area contributed by atoms with Gasteiger partial charge in [0.2, 0.25) is 5.91 Å². The number of carbonyl (C=O) groups excluding carboxylic acids is 1. The van der Waals surface area contributed by atoms with Gasteiger partial charge in [-0.1, -0.05) is 23.2 Å². The fourth-order valence-corrected chi connectivity index (χ4v) is 5.26. The maximum Gasteiger partial charge on any atom is 0.263 e. The van der Waals surface area contributed by atoms with E-state index in [0.717, 1.165) is 0 Å². The quantitative estimate of drug-likeness (QED) is 0.783. The number of amides is 1. The molecule has 140 valence electrons. The molecule has 1 amide bonds. The minimum atomic E-state index is -3.89. The number of ether oxygens (including phenoxy) is 1. The van der Waals surface area contributed by atoms with Gasteiger partial charge in [0.25, 0.3) is 10.0 Å². The Morgan fingerprint density at radius 2 is 1.96 bits per heavy atom. The Balaban J connectivity index is 1.76. The lowest BCUT2D eigenvalue weighted by Crippen LogP contribution is -2.41. The van der Waals surface area contributed by atoms with Crippen LogP contribution in [0.15, 0.2) is 33.9 Å². The van der Waals surface area contributed by atoms with E-state index >= 15 is 0 Å². The summed E-state index contributed by atoms with van der Waals surface area (Å²) in [7, 11) is -3.89. The van der Waals surface area contributed by atoms with Gasteiger partial charge in [0, 0.05) is 23.5 Å². The van der Waals surface area contributed by atoms with E-state index in [1.165, 1.54) is 29.5 Å². The van der Waals surface area contributed by atoms with Crippen LogP contribution < -0.4 is 4.72 Å². The number of benzene rings is 1. The molecule has 1 aliphatic rings.